The van der Waals surface area contributed by atoms with Gasteiger partial charge in [-0.15, -0.1) is 0 Å². The van der Waals surface area contributed by atoms with Crippen LogP contribution in [0.2, 0.25) is 0 Å². The van der Waals surface area contributed by atoms with Gasteiger partial charge >= 0.3 is 6.03 Å². The van der Waals surface area contributed by atoms with Gasteiger partial charge in [0, 0.05) is 57.6 Å². The van der Waals surface area contributed by atoms with E-state index < -0.39 is 107 Å². The normalized spacial score (nSPS) is 30.0. The molecule has 16 nitrogen and oxygen atoms in total. The second kappa shape index (κ2) is 16.7. The highest BCUT2D eigenvalue weighted by Gasteiger charge is 2.74. The lowest BCUT2D eigenvalue weighted by molar-refractivity contribution is -0.151. The first-order chi connectivity index (χ1) is 28.8. The van der Waals surface area contributed by atoms with Gasteiger partial charge in [0.25, 0.3) is 0 Å². The van der Waals surface area contributed by atoms with Crippen molar-refractivity contribution in [1.82, 2.24) is 30.7 Å². The van der Waals surface area contributed by atoms with Crippen molar-refractivity contribution in [2.75, 3.05) is 43.9 Å². The van der Waals surface area contributed by atoms with Crippen LogP contribution in [0.1, 0.15) is 58.1 Å². The number of nitrogens with one attached hydrogen (secondary N) is 4. The van der Waals surface area contributed by atoms with Crippen LogP contribution in [0.3, 0.4) is 0 Å². The fraction of sp³-hybridized carbons (Fsp3) is 0.558. The zero-order chi connectivity index (χ0) is 44.2. The van der Waals surface area contributed by atoms with Crippen LogP contribution in [0, 0.1) is 29.4 Å². The molecule has 10 atom stereocenters. The third-order valence-electron chi connectivity index (χ3n) is 13.1. The topological polar surface area (TPSA) is 201 Å². The monoisotopic (exact) mass is 848 g/mol. The zero-order valence-electron chi connectivity index (χ0n) is 35.2. The number of rotatable bonds is 7. The number of hydrogen-bond donors (Lipinski definition) is 5. The molecule has 7 rings (SSSR count). The summed E-state index contributed by atoms with van der Waals surface area (Å²) in [5.41, 5.74) is 1.15. The quantitative estimate of drug-likeness (QED) is 0.273. The molecule has 0 radical (unpaired) electrons. The van der Waals surface area contributed by atoms with E-state index in [1.165, 1.54) is 30.7 Å². The molecule has 4 aliphatic heterocycles. The molecule has 5 N–H and O–H groups in total. The van der Waals surface area contributed by atoms with E-state index in [0.29, 0.717) is 18.2 Å². The van der Waals surface area contributed by atoms with Crippen molar-refractivity contribution >= 4 is 52.7 Å². The predicted molar refractivity (Wildman–Crippen MR) is 218 cm³/mol. The minimum absolute atomic E-state index is 0.0311. The summed E-state index contributed by atoms with van der Waals surface area (Å²) < 4.78 is 28.9. The molecule has 0 aromatic heterocycles. The van der Waals surface area contributed by atoms with Crippen LogP contribution in [0.15, 0.2) is 36.4 Å². The average Bonchev–Trinajstić information content (AvgIpc) is 3.62. The summed E-state index contributed by atoms with van der Waals surface area (Å²) in [6.07, 6.45) is -0.181. The first-order valence-electron chi connectivity index (χ1n) is 20.9. The maximum Gasteiger partial charge on any atom is 0.319 e. The number of hydrogen-bond acceptors (Lipinski definition) is 9. The lowest BCUT2D eigenvalue weighted by Gasteiger charge is -2.36. The largest absolute Gasteiger partial charge is 0.391 e. The molecule has 18 heteroatoms. The van der Waals surface area contributed by atoms with Gasteiger partial charge in [0.15, 0.2) is 5.78 Å². The Morgan fingerprint density at radius 2 is 1.67 bits per heavy atom. The Labute approximate surface area is 352 Å². The standard InChI is InChI=1S/C43H54F2N8O8/c1-21-19-43-33(36(43)55)22(2)34(41(60)52-12-7-8-32(52)40(59)51(6)35(24(4)54)38(57)46-23(3)39(58)53(43)20-21)49-37(56)30(16-25-14-27(44)18-28(45)15-25)48-42(61)47-29-9-10-31-26(17-29)11-13-50(31)5/h9-10,14-15,17-18,21-24,30,32-35,54H,7-8,11-13,16,19-20H2,1-6H3,(H,46,57)(H,49,56)(H2,47,48,61)/t21-,22-,23+,24+,30+,32+,33+,34+,35+,43?/m1/s1. The van der Waals surface area contributed by atoms with Crippen LogP contribution in [-0.2, 0) is 41.6 Å². The number of carbonyl (C=O) groups excluding carboxylic acids is 7. The third kappa shape index (κ3) is 8.13. The highest BCUT2D eigenvalue weighted by Crippen LogP contribution is 2.57. The Bertz CT molecular complexity index is 2140. The third-order valence-corrected chi connectivity index (χ3v) is 13.1. The van der Waals surface area contributed by atoms with Crippen molar-refractivity contribution in [2.45, 2.75) is 102 Å². The highest BCUT2D eigenvalue weighted by atomic mass is 19.1. The molecule has 0 bridgehead atoms. The number of Topliss-reactive ketones (excluding diaryl/α,β-unsaturated/α-hetero) is 1. The molecule has 1 spiro atoms. The Balaban J connectivity index is 1.24. The maximum absolute atomic E-state index is 15.0. The summed E-state index contributed by atoms with van der Waals surface area (Å²) in [6, 6.07) is 0.567. The van der Waals surface area contributed by atoms with Crippen LogP contribution in [0.25, 0.3) is 0 Å². The Kier molecular flexibility index (Phi) is 11.9. The number of fused-ring (bicyclic) bond motifs is 2. The zero-order valence-corrected chi connectivity index (χ0v) is 35.2. The first kappa shape index (κ1) is 43.4. The van der Waals surface area contributed by atoms with Gasteiger partial charge in [0.05, 0.1) is 12.0 Å². The number of likely N-dealkylation sites (N-methyl/N-ethyl adjacent to an activating group) is 2. The average molecular weight is 849 g/mol. The summed E-state index contributed by atoms with van der Waals surface area (Å²) >= 11 is 0. The number of halogens is 2. The molecule has 4 heterocycles. The van der Waals surface area contributed by atoms with E-state index in [1.807, 2.05) is 26.1 Å². The summed E-state index contributed by atoms with van der Waals surface area (Å²) in [5.74, 6) is -7.83. The van der Waals surface area contributed by atoms with E-state index in [2.05, 4.69) is 26.2 Å². The van der Waals surface area contributed by atoms with E-state index in [0.717, 1.165) is 41.2 Å². The number of urea groups is 1. The number of ketones is 1. The number of carbonyl (C=O) groups is 7. The minimum atomic E-state index is -1.52. The van der Waals surface area contributed by atoms with Crippen molar-refractivity contribution in [3.63, 3.8) is 0 Å². The maximum atomic E-state index is 15.0. The van der Waals surface area contributed by atoms with Gasteiger partial charge in [-0.2, -0.15) is 0 Å². The Morgan fingerprint density at radius 3 is 2.36 bits per heavy atom. The number of amides is 7. The van der Waals surface area contributed by atoms with Gasteiger partial charge in [-0.05, 0) is 92.8 Å². The molecular weight excluding hydrogens is 795 g/mol. The molecule has 1 saturated carbocycles. The van der Waals surface area contributed by atoms with Gasteiger partial charge < -0.3 is 46.0 Å². The summed E-state index contributed by atoms with van der Waals surface area (Å²) in [6.45, 7) is 7.35. The molecular formula is C43H54F2N8O8. The van der Waals surface area contributed by atoms with Gasteiger partial charge in [-0.25, -0.2) is 13.6 Å². The van der Waals surface area contributed by atoms with Crippen molar-refractivity contribution in [3.8, 4) is 0 Å². The van der Waals surface area contributed by atoms with E-state index in [-0.39, 0.29) is 43.2 Å². The highest BCUT2D eigenvalue weighted by molar-refractivity contribution is 6.12. The van der Waals surface area contributed by atoms with Crippen molar-refractivity contribution in [2.24, 2.45) is 17.8 Å². The summed E-state index contributed by atoms with van der Waals surface area (Å²) in [4.78, 5) is 105. The van der Waals surface area contributed by atoms with Crippen molar-refractivity contribution < 1.29 is 47.4 Å². The van der Waals surface area contributed by atoms with Crippen LogP contribution >= 0.6 is 0 Å². The van der Waals surface area contributed by atoms with Crippen molar-refractivity contribution in [3.05, 3.63) is 59.2 Å². The molecule has 1 aliphatic carbocycles. The molecule has 7 amide bonds. The second-order valence-corrected chi connectivity index (χ2v) is 17.6. The molecule has 3 saturated heterocycles. The first-order valence-corrected chi connectivity index (χ1v) is 20.9. The molecule has 2 aromatic rings. The number of nitrogens with zero attached hydrogens (tertiary/aromatic N) is 4. The number of aliphatic hydroxyl groups is 1. The lowest BCUT2D eigenvalue weighted by atomic mass is 9.90. The van der Waals surface area contributed by atoms with Gasteiger partial charge in [0.2, 0.25) is 29.5 Å². The van der Waals surface area contributed by atoms with Crippen LogP contribution in [0.5, 0.6) is 0 Å². The number of anilines is 2. The van der Waals surface area contributed by atoms with Crippen molar-refractivity contribution in [1.29, 1.82) is 0 Å². The minimum Gasteiger partial charge on any atom is -0.391 e. The molecule has 4 fully saturated rings. The van der Waals surface area contributed by atoms with Gasteiger partial charge in [-0.1, -0.05) is 13.8 Å². The van der Waals surface area contributed by atoms with Gasteiger partial charge in [-0.3, -0.25) is 28.8 Å². The summed E-state index contributed by atoms with van der Waals surface area (Å²) in [7, 11) is 3.29. The predicted octanol–water partition coefficient (Wildman–Crippen LogP) is 1.33. The summed E-state index contributed by atoms with van der Waals surface area (Å²) in [5, 5.41) is 21.5. The van der Waals surface area contributed by atoms with E-state index >= 15 is 0 Å². The molecule has 1 unspecified atom stereocenters. The van der Waals surface area contributed by atoms with E-state index in [9.17, 15) is 47.4 Å². The second-order valence-electron chi connectivity index (χ2n) is 17.6. The Hall–Kier alpha value is -5.65. The number of benzene rings is 2. The van der Waals surface area contributed by atoms with Crippen LogP contribution in [0.4, 0.5) is 25.0 Å². The van der Waals surface area contributed by atoms with E-state index in [4.69, 9.17) is 0 Å². The lowest BCUT2D eigenvalue weighted by Crippen LogP contribution is -2.61. The molecule has 61 heavy (non-hydrogen) atoms. The van der Waals surface area contributed by atoms with Gasteiger partial charge in [0.1, 0.15) is 47.4 Å². The van der Waals surface area contributed by atoms with Crippen LogP contribution < -0.4 is 26.2 Å². The number of aliphatic hydroxyl groups excluding tert-OH is 1. The SMILES string of the molecule is C[C@H]1CN2C(=O)[C@H](C)NC(=O)[C@H]([C@H](C)O)N(C)C(=O)[C@@H]3CCCN3C(=O)[C@@H](NC(=O)[C@H](Cc3cc(F)cc(F)c3)NC(=O)Nc3ccc4c(c3)CCN4C)[C@H](C)[C@H]3C(=O)C32C1. The molecule has 5 aliphatic rings. The fourth-order valence-electron chi connectivity index (χ4n) is 10.2. The fourth-order valence-corrected chi connectivity index (χ4v) is 10.2. The van der Waals surface area contributed by atoms with E-state index in [1.54, 1.807) is 13.0 Å². The smallest absolute Gasteiger partial charge is 0.319 e. The molecule has 2 aromatic carbocycles. The Morgan fingerprint density at radius 1 is 0.967 bits per heavy atom. The van der Waals surface area contributed by atoms with Crippen LogP contribution in [-0.4, -0.2) is 137 Å². The molecule has 328 valence electrons.